The van der Waals surface area contributed by atoms with Crippen LogP contribution in [-0.4, -0.2) is 52.1 Å². The maximum Gasteiger partial charge on any atom is 0.327 e. The van der Waals surface area contributed by atoms with Gasteiger partial charge in [0.1, 0.15) is 11.8 Å². The van der Waals surface area contributed by atoms with Crippen molar-refractivity contribution in [1.82, 2.24) is 4.90 Å². The molecule has 1 saturated heterocycles. The number of nitrogens with two attached hydrogens (primary N) is 1. The lowest BCUT2D eigenvalue weighted by atomic mass is 10.2. The van der Waals surface area contributed by atoms with Gasteiger partial charge in [0.05, 0.1) is 11.4 Å². The summed E-state index contributed by atoms with van der Waals surface area (Å²) < 4.78 is 5.31. The van der Waals surface area contributed by atoms with E-state index in [1.807, 2.05) is 0 Å². The van der Waals surface area contributed by atoms with Crippen LogP contribution in [0.2, 0.25) is 0 Å². The fourth-order valence-corrected chi connectivity index (χ4v) is 3.08. The molecule has 0 saturated carbocycles. The predicted octanol–water partition coefficient (Wildman–Crippen LogP) is 0.150. The van der Waals surface area contributed by atoms with Crippen molar-refractivity contribution in [1.29, 1.82) is 0 Å². The number of thioether (sulfide) groups is 1. The number of nitrogens with zero attached hydrogens (tertiary/aromatic N) is 1. The summed E-state index contributed by atoms with van der Waals surface area (Å²) >= 11 is 1.37. The number of hydrogen-bond donors (Lipinski definition) is 2. The lowest BCUT2D eigenvalue weighted by Gasteiger charge is -2.20. The second-order valence-electron chi connectivity index (χ2n) is 4.37. The van der Waals surface area contributed by atoms with Crippen molar-refractivity contribution in [3.8, 4) is 5.75 Å². The van der Waals surface area contributed by atoms with Gasteiger partial charge in [-0.2, -0.15) is 0 Å². The molecule has 1 aromatic rings. The molecule has 1 aromatic carbocycles. The van der Waals surface area contributed by atoms with Crippen LogP contribution >= 0.6 is 11.8 Å². The van der Waals surface area contributed by atoms with Crippen LogP contribution in [-0.2, 0) is 9.59 Å². The number of carboxylic acid groups (broad SMARTS) is 1. The minimum atomic E-state index is -1.04. The van der Waals surface area contributed by atoms with Gasteiger partial charge in [0.15, 0.2) is 6.61 Å². The molecule has 21 heavy (non-hydrogen) atoms. The topological polar surface area (TPSA) is 110 Å². The third-order valence-corrected chi connectivity index (χ3v) is 4.00. The van der Waals surface area contributed by atoms with Gasteiger partial charge in [-0.3, -0.25) is 9.59 Å². The van der Waals surface area contributed by atoms with Crippen LogP contribution in [0.15, 0.2) is 24.3 Å². The zero-order valence-electron chi connectivity index (χ0n) is 11.0. The Morgan fingerprint density at radius 3 is 2.76 bits per heavy atom. The number of para-hydroxylation sites is 1. The number of benzene rings is 1. The van der Waals surface area contributed by atoms with Crippen LogP contribution in [0.1, 0.15) is 10.4 Å². The quantitative estimate of drug-likeness (QED) is 0.801. The van der Waals surface area contributed by atoms with E-state index in [0.717, 1.165) is 0 Å². The summed E-state index contributed by atoms with van der Waals surface area (Å²) in [5.74, 6) is -1.25. The molecule has 7 nitrogen and oxygen atoms in total. The van der Waals surface area contributed by atoms with Crippen molar-refractivity contribution >= 4 is 29.5 Å². The third kappa shape index (κ3) is 3.46. The van der Waals surface area contributed by atoms with Crippen LogP contribution in [0.5, 0.6) is 5.75 Å². The van der Waals surface area contributed by atoms with Crippen molar-refractivity contribution in [3.63, 3.8) is 0 Å². The minimum Gasteiger partial charge on any atom is -0.483 e. The Morgan fingerprint density at radius 2 is 2.10 bits per heavy atom. The molecule has 1 aliphatic heterocycles. The van der Waals surface area contributed by atoms with Gasteiger partial charge in [-0.15, -0.1) is 11.8 Å². The zero-order chi connectivity index (χ0) is 15.4. The van der Waals surface area contributed by atoms with E-state index in [1.165, 1.54) is 28.8 Å². The second-order valence-corrected chi connectivity index (χ2v) is 5.37. The highest BCUT2D eigenvalue weighted by Crippen LogP contribution is 2.22. The van der Waals surface area contributed by atoms with E-state index in [4.69, 9.17) is 15.6 Å². The molecule has 0 aromatic heterocycles. The average molecular weight is 310 g/mol. The molecule has 0 unspecified atom stereocenters. The number of aliphatic carboxylic acids is 1. The Hall–Kier alpha value is -2.22. The molecule has 1 heterocycles. The normalized spacial score (nSPS) is 17.5. The summed E-state index contributed by atoms with van der Waals surface area (Å²) in [5.41, 5.74) is 5.39. The molecule has 0 aliphatic carbocycles. The van der Waals surface area contributed by atoms with Gasteiger partial charge < -0.3 is 20.5 Å². The zero-order valence-corrected chi connectivity index (χ0v) is 11.8. The highest BCUT2D eigenvalue weighted by atomic mass is 32.2. The van der Waals surface area contributed by atoms with Gasteiger partial charge in [0.2, 0.25) is 0 Å². The number of carbonyl (C=O) groups excluding carboxylic acids is 2. The molecular formula is C13H14N2O5S. The molecule has 0 bridgehead atoms. The summed E-state index contributed by atoms with van der Waals surface area (Å²) in [6.07, 6.45) is 0. The minimum absolute atomic E-state index is 0.177. The third-order valence-electron chi connectivity index (χ3n) is 2.99. The van der Waals surface area contributed by atoms with Crippen molar-refractivity contribution in [3.05, 3.63) is 29.8 Å². The lowest BCUT2D eigenvalue weighted by molar-refractivity contribution is -0.148. The van der Waals surface area contributed by atoms with E-state index in [1.54, 1.807) is 12.1 Å². The highest BCUT2D eigenvalue weighted by Gasteiger charge is 2.34. The SMILES string of the molecule is NC(=O)c1ccccc1OCC(=O)N1CSC[C@H]1C(=O)O. The monoisotopic (exact) mass is 310 g/mol. The van der Waals surface area contributed by atoms with E-state index in [0.29, 0.717) is 11.6 Å². The average Bonchev–Trinajstić information content (AvgIpc) is 2.94. The molecular weight excluding hydrogens is 296 g/mol. The number of hydrogen-bond acceptors (Lipinski definition) is 5. The summed E-state index contributed by atoms with van der Waals surface area (Å²) in [6.45, 7) is -0.339. The fraction of sp³-hybridized carbons (Fsp3) is 0.308. The van der Waals surface area contributed by atoms with E-state index in [2.05, 4.69) is 0 Å². The Morgan fingerprint density at radius 1 is 1.38 bits per heavy atom. The number of amides is 2. The Kier molecular flexibility index (Phi) is 4.69. The van der Waals surface area contributed by atoms with E-state index >= 15 is 0 Å². The van der Waals surface area contributed by atoms with Crippen molar-refractivity contribution < 1.29 is 24.2 Å². The number of ether oxygens (including phenoxy) is 1. The first-order valence-electron chi connectivity index (χ1n) is 6.12. The largest absolute Gasteiger partial charge is 0.483 e. The number of carboxylic acids is 1. The van der Waals surface area contributed by atoms with E-state index in [-0.39, 0.29) is 17.9 Å². The van der Waals surface area contributed by atoms with Gasteiger partial charge in [-0.05, 0) is 12.1 Å². The van der Waals surface area contributed by atoms with Gasteiger partial charge in [-0.25, -0.2) is 4.79 Å². The lowest BCUT2D eigenvalue weighted by Crippen LogP contribution is -2.43. The van der Waals surface area contributed by atoms with E-state index in [9.17, 15) is 14.4 Å². The van der Waals surface area contributed by atoms with Crippen molar-refractivity contribution in [2.24, 2.45) is 5.73 Å². The second kappa shape index (κ2) is 6.49. The predicted molar refractivity (Wildman–Crippen MR) is 76.0 cm³/mol. The molecule has 112 valence electrons. The van der Waals surface area contributed by atoms with Gasteiger partial charge in [0.25, 0.3) is 11.8 Å². The first kappa shape index (κ1) is 15.2. The Labute approximate surface area is 125 Å². The highest BCUT2D eigenvalue weighted by molar-refractivity contribution is 7.99. The maximum absolute atomic E-state index is 12.0. The standard InChI is InChI=1S/C13H14N2O5S/c14-12(17)8-3-1-2-4-10(8)20-5-11(16)15-7-21-6-9(15)13(18)19/h1-4,9H,5-7H2,(H2,14,17)(H,18,19)/t9-/m0/s1. The molecule has 0 radical (unpaired) electrons. The summed E-state index contributed by atoms with van der Waals surface area (Å²) in [5, 5.41) is 9.03. The van der Waals surface area contributed by atoms with Crippen LogP contribution in [0, 0.1) is 0 Å². The molecule has 1 fully saturated rings. The maximum atomic E-state index is 12.0. The number of rotatable bonds is 5. The van der Waals surface area contributed by atoms with Gasteiger partial charge >= 0.3 is 5.97 Å². The molecule has 2 rings (SSSR count). The molecule has 2 amide bonds. The van der Waals surface area contributed by atoms with Crippen LogP contribution in [0.25, 0.3) is 0 Å². The van der Waals surface area contributed by atoms with Crippen LogP contribution in [0.3, 0.4) is 0 Å². The number of carbonyl (C=O) groups is 3. The molecule has 1 aliphatic rings. The van der Waals surface area contributed by atoms with E-state index < -0.39 is 23.8 Å². The van der Waals surface area contributed by atoms with Gasteiger partial charge in [-0.1, -0.05) is 12.1 Å². The fourth-order valence-electron chi connectivity index (χ4n) is 1.91. The van der Waals surface area contributed by atoms with Crippen LogP contribution in [0.4, 0.5) is 0 Å². The van der Waals surface area contributed by atoms with Crippen molar-refractivity contribution in [2.45, 2.75) is 6.04 Å². The first-order valence-corrected chi connectivity index (χ1v) is 7.28. The first-order chi connectivity index (χ1) is 10.0. The summed E-state index contributed by atoms with van der Waals surface area (Å²) in [7, 11) is 0. The Bertz CT molecular complexity index is 577. The summed E-state index contributed by atoms with van der Waals surface area (Å²) in [4.78, 5) is 35.5. The van der Waals surface area contributed by atoms with Crippen molar-refractivity contribution in [2.75, 3.05) is 18.2 Å². The number of primary amides is 1. The molecule has 8 heteroatoms. The smallest absolute Gasteiger partial charge is 0.327 e. The van der Waals surface area contributed by atoms with Crippen LogP contribution < -0.4 is 10.5 Å². The summed E-state index contributed by atoms with van der Waals surface area (Å²) in [6, 6.07) is 5.47. The molecule has 0 spiro atoms. The van der Waals surface area contributed by atoms with Gasteiger partial charge in [0, 0.05) is 5.75 Å². The molecule has 1 atom stereocenters. The molecule has 3 N–H and O–H groups in total. The Balaban J connectivity index is 2.02.